The molecule has 0 saturated carbocycles. The van der Waals surface area contributed by atoms with Gasteiger partial charge in [0.1, 0.15) is 4.90 Å². The van der Waals surface area contributed by atoms with Crippen LogP contribution >= 0.6 is 11.8 Å². The molecule has 3 rings (SSSR count). The van der Waals surface area contributed by atoms with Gasteiger partial charge >= 0.3 is 0 Å². The van der Waals surface area contributed by atoms with Gasteiger partial charge in [-0.1, -0.05) is 30.3 Å². The number of benzene rings is 2. The summed E-state index contributed by atoms with van der Waals surface area (Å²) in [6.45, 7) is 3.34. The van der Waals surface area contributed by atoms with Crippen LogP contribution in [0.15, 0.2) is 64.4 Å². The molecule has 0 aliphatic carbocycles. The van der Waals surface area contributed by atoms with E-state index in [4.69, 9.17) is 5.14 Å². The Balaban J connectivity index is 1.70. The smallest absolute Gasteiger partial charge is 0.240 e. The highest BCUT2D eigenvalue weighted by Crippen LogP contribution is 2.25. The van der Waals surface area contributed by atoms with Gasteiger partial charge in [-0.25, -0.2) is 13.6 Å². The predicted molar refractivity (Wildman–Crippen MR) is 113 cm³/mol. The summed E-state index contributed by atoms with van der Waals surface area (Å²) in [7, 11) is -3.76. The average Bonchev–Trinajstić information content (AvgIpc) is 3.18. The molecule has 0 bridgehead atoms. The minimum atomic E-state index is -3.76. The first kappa shape index (κ1) is 20.2. The number of primary sulfonamides is 1. The molecule has 1 saturated heterocycles. The summed E-state index contributed by atoms with van der Waals surface area (Å²) in [5.74, 6) is 0.858. The molecule has 2 aromatic rings. The van der Waals surface area contributed by atoms with E-state index >= 15 is 0 Å². The summed E-state index contributed by atoms with van der Waals surface area (Å²) >= 11 is 1.78. The monoisotopic (exact) mass is 405 g/mol. The molecule has 0 aromatic heterocycles. The van der Waals surface area contributed by atoms with Gasteiger partial charge in [0.25, 0.3) is 0 Å². The van der Waals surface area contributed by atoms with E-state index in [2.05, 4.69) is 22.3 Å². The molecule has 27 heavy (non-hydrogen) atoms. The minimum Gasteiger partial charge on any atom is -0.380 e. The summed E-state index contributed by atoms with van der Waals surface area (Å²) in [4.78, 5) is 3.85. The fourth-order valence-corrected chi connectivity index (χ4v) is 5.00. The molecule has 0 radical (unpaired) electrons. The number of nitrogens with two attached hydrogens (primary N) is 1. The molecule has 1 heterocycles. The van der Waals surface area contributed by atoms with E-state index in [9.17, 15) is 8.42 Å². The van der Waals surface area contributed by atoms with E-state index in [0.717, 1.165) is 31.8 Å². The van der Waals surface area contributed by atoms with Crippen LogP contribution in [0.3, 0.4) is 0 Å². The molecule has 0 spiro atoms. The van der Waals surface area contributed by atoms with E-state index < -0.39 is 10.0 Å². The third-order valence-electron chi connectivity index (χ3n) is 4.74. The number of nitrogens with one attached hydrogen (secondary N) is 1. The van der Waals surface area contributed by atoms with Gasteiger partial charge in [0.2, 0.25) is 10.0 Å². The van der Waals surface area contributed by atoms with Crippen molar-refractivity contribution < 1.29 is 8.42 Å². The van der Waals surface area contributed by atoms with Crippen LogP contribution in [-0.2, 0) is 10.0 Å². The Labute approximate surface area is 166 Å². The van der Waals surface area contributed by atoms with Gasteiger partial charge in [-0.15, -0.1) is 11.8 Å². The Morgan fingerprint density at radius 1 is 1.04 bits per heavy atom. The molecule has 0 unspecified atom stereocenters. The number of hydrogen-bond acceptors (Lipinski definition) is 5. The molecule has 1 fully saturated rings. The van der Waals surface area contributed by atoms with Crippen LogP contribution in [0.1, 0.15) is 19.3 Å². The van der Waals surface area contributed by atoms with Gasteiger partial charge in [0.05, 0.1) is 5.69 Å². The quantitative estimate of drug-likeness (QED) is 0.626. The zero-order valence-corrected chi connectivity index (χ0v) is 17.0. The minimum absolute atomic E-state index is 0.152. The van der Waals surface area contributed by atoms with Crippen molar-refractivity contribution in [3.63, 3.8) is 0 Å². The third-order valence-corrected chi connectivity index (χ3v) is 6.88. The van der Waals surface area contributed by atoms with Crippen LogP contribution in [0, 0.1) is 0 Å². The standard InChI is InChI=1S/C20H27N3O2S2/c21-27(24,25)20-11-5-4-10-19(20)22-17(12-15-23-13-6-7-14-23)16-26-18-8-2-1-3-9-18/h1-5,8-11,17,22H,6-7,12-16H2,(H2,21,24,25)/t17-/m1/s1. The van der Waals surface area contributed by atoms with Crippen molar-refractivity contribution in [3.05, 3.63) is 54.6 Å². The molecule has 7 heteroatoms. The van der Waals surface area contributed by atoms with E-state index in [1.165, 1.54) is 17.7 Å². The summed E-state index contributed by atoms with van der Waals surface area (Å²) in [6.07, 6.45) is 3.50. The van der Waals surface area contributed by atoms with Crippen molar-refractivity contribution in [2.24, 2.45) is 5.14 Å². The predicted octanol–water partition coefficient (Wildman–Crippen LogP) is 3.39. The SMILES string of the molecule is NS(=O)(=O)c1ccccc1N[C@H](CCN1CCCC1)CSc1ccccc1. The number of likely N-dealkylation sites (tertiary alicyclic amines) is 1. The van der Waals surface area contributed by atoms with Gasteiger partial charge in [0, 0.05) is 23.2 Å². The number of rotatable bonds is 9. The van der Waals surface area contributed by atoms with Gasteiger partial charge in [-0.05, 0) is 56.6 Å². The van der Waals surface area contributed by atoms with E-state index in [0.29, 0.717) is 5.69 Å². The van der Waals surface area contributed by atoms with Crippen LogP contribution in [0.2, 0.25) is 0 Å². The summed E-state index contributed by atoms with van der Waals surface area (Å²) in [5.41, 5.74) is 0.583. The van der Waals surface area contributed by atoms with Crippen LogP contribution < -0.4 is 10.5 Å². The van der Waals surface area contributed by atoms with Gasteiger partial charge in [-0.3, -0.25) is 0 Å². The summed E-state index contributed by atoms with van der Waals surface area (Å²) in [5, 5.41) is 8.83. The lowest BCUT2D eigenvalue weighted by atomic mass is 10.2. The molecule has 1 aliphatic rings. The number of anilines is 1. The van der Waals surface area contributed by atoms with Gasteiger partial charge in [0.15, 0.2) is 0 Å². The first-order chi connectivity index (χ1) is 13.0. The van der Waals surface area contributed by atoms with Crippen LogP contribution in [0.4, 0.5) is 5.69 Å². The Morgan fingerprint density at radius 3 is 2.41 bits per heavy atom. The fourth-order valence-electron chi connectivity index (χ4n) is 3.31. The zero-order chi connectivity index (χ0) is 19.1. The Morgan fingerprint density at radius 2 is 1.70 bits per heavy atom. The molecule has 2 aromatic carbocycles. The highest BCUT2D eigenvalue weighted by atomic mass is 32.2. The molecule has 146 valence electrons. The van der Waals surface area contributed by atoms with Crippen molar-refractivity contribution in [2.45, 2.75) is 35.1 Å². The maximum atomic E-state index is 11.9. The van der Waals surface area contributed by atoms with E-state index in [1.807, 2.05) is 24.3 Å². The molecule has 3 N–H and O–H groups in total. The maximum absolute atomic E-state index is 11.9. The first-order valence-corrected chi connectivity index (χ1v) is 11.8. The van der Waals surface area contributed by atoms with Crippen molar-refractivity contribution in [2.75, 3.05) is 30.7 Å². The summed E-state index contributed by atoms with van der Waals surface area (Å²) < 4.78 is 23.8. The molecular weight excluding hydrogens is 378 g/mol. The lowest BCUT2D eigenvalue weighted by Crippen LogP contribution is -2.30. The second-order valence-electron chi connectivity index (χ2n) is 6.84. The highest BCUT2D eigenvalue weighted by Gasteiger charge is 2.19. The van der Waals surface area contributed by atoms with Crippen molar-refractivity contribution >= 4 is 27.5 Å². The van der Waals surface area contributed by atoms with Crippen LogP contribution in [0.25, 0.3) is 0 Å². The fraction of sp³-hybridized carbons (Fsp3) is 0.400. The normalized spacial score (nSPS) is 16.3. The van der Waals surface area contributed by atoms with Gasteiger partial charge < -0.3 is 10.2 Å². The number of nitrogens with zero attached hydrogens (tertiary/aromatic N) is 1. The topological polar surface area (TPSA) is 75.4 Å². The van der Waals surface area contributed by atoms with Crippen molar-refractivity contribution in [1.82, 2.24) is 4.90 Å². The number of sulfonamides is 1. The van der Waals surface area contributed by atoms with Crippen LogP contribution in [-0.4, -0.2) is 44.7 Å². The van der Waals surface area contributed by atoms with E-state index in [1.54, 1.807) is 30.0 Å². The molecular formula is C20H27N3O2S2. The highest BCUT2D eigenvalue weighted by molar-refractivity contribution is 7.99. The van der Waals surface area contributed by atoms with Crippen LogP contribution in [0.5, 0.6) is 0 Å². The molecule has 1 atom stereocenters. The lowest BCUT2D eigenvalue weighted by Gasteiger charge is -2.24. The maximum Gasteiger partial charge on any atom is 0.240 e. The Hall–Kier alpha value is -1.54. The summed E-state index contributed by atoms with van der Waals surface area (Å²) in [6, 6.07) is 17.3. The first-order valence-electron chi connectivity index (χ1n) is 9.31. The number of hydrogen-bond donors (Lipinski definition) is 2. The average molecular weight is 406 g/mol. The number of para-hydroxylation sites is 1. The largest absolute Gasteiger partial charge is 0.380 e. The molecule has 5 nitrogen and oxygen atoms in total. The second kappa shape index (κ2) is 9.59. The molecule has 0 amide bonds. The van der Waals surface area contributed by atoms with E-state index in [-0.39, 0.29) is 10.9 Å². The molecule has 1 aliphatic heterocycles. The van der Waals surface area contributed by atoms with Crippen molar-refractivity contribution in [1.29, 1.82) is 0 Å². The third kappa shape index (κ3) is 6.24. The Bertz CT molecular complexity index is 822. The Kier molecular flexibility index (Phi) is 7.18. The lowest BCUT2D eigenvalue weighted by molar-refractivity contribution is 0.328. The van der Waals surface area contributed by atoms with Gasteiger partial charge in [-0.2, -0.15) is 0 Å². The second-order valence-corrected chi connectivity index (χ2v) is 9.47. The zero-order valence-electron chi connectivity index (χ0n) is 15.4. The number of thioether (sulfide) groups is 1. The van der Waals surface area contributed by atoms with Crippen molar-refractivity contribution in [3.8, 4) is 0 Å².